The third kappa shape index (κ3) is 3.69. The average Bonchev–Trinajstić information content (AvgIpc) is 2.95. The average molecular weight is 386 g/mol. The van der Waals surface area contributed by atoms with Crippen molar-refractivity contribution in [3.63, 3.8) is 0 Å². The highest BCUT2D eigenvalue weighted by Gasteiger charge is 2.26. The second-order valence-electron chi connectivity index (χ2n) is 8.86. The Morgan fingerprint density at radius 3 is 2.15 bits per heavy atom. The largest absolute Gasteiger partial charge is 0.505 e. The van der Waals surface area contributed by atoms with E-state index < -0.39 is 5.24 Å². The van der Waals surface area contributed by atoms with Crippen LogP contribution in [0.3, 0.4) is 0 Å². The van der Waals surface area contributed by atoms with Gasteiger partial charge in [0.1, 0.15) is 22.5 Å². The van der Waals surface area contributed by atoms with Gasteiger partial charge < -0.3 is 5.11 Å². The molecule has 0 spiro atoms. The summed E-state index contributed by atoms with van der Waals surface area (Å²) in [5.74, 6) is 0.157. The summed E-state index contributed by atoms with van der Waals surface area (Å²) >= 11 is 5.56. The number of aromatic nitrogens is 3. The zero-order chi connectivity index (χ0) is 20.1. The summed E-state index contributed by atoms with van der Waals surface area (Å²) < 4.78 is 0. The lowest BCUT2D eigenvalue weighted by Crippen LogP contribution is -2.18. The minimum absolute atomic E-state index is 0.104. The lowest BCUT2D eigenvalue weighted by molar-refractivity contribution is 0.108. The van der Waals surface area contributed by atoms with Crippen LogP contribution in [0.2, 0.25) is 0 Å². The van der Waals surface area contributed by atoms with E-state index in [1.165, 1.54) is 4.80 Å². The molecule has 0 aliphatic carbocycles. The number of aromatic hydroxyl groups is 1. The Bertz CT molecular complexity index is 1040. The SMILES string of the molecule is CC(C)(C)c1cc(-n2nc3ccc(C(=O)Cl)cc3n2)c(O)c(C(C)(C)C)c1. The maximum atomic E-state index is 11.4. The van der Waals surface area contributed by atoms with E-state index in [1.54, 1.807) is 18.2 Å². The zero-order valence-electron chi connectivity index (χ0n) is 16.5. The van der Waals surface area contributed by atoms with Crippen LogP contribution in [-0.2, 0) is 10.8 Å². The van der Waals surface area contributed by atoms with Crippen molar-refractivity contribution in [3.8, 4) is 11.4 Å². The van der Waals surface area contributed by atoms with Crippen molar-refractivity contribution >= 4 is 27.9 Å². The van der Waals surface area contributed by atoms with Crippen LogP contribution in [-0.4, -0.2) is 25.3 Å². The Morgan fingerprint density at radius 2 is 1.59 bits per heavy atom. The predicted octanol–water partition coefficient (Wildman–Crippen LogP) is 5.10. The summed E-state index contributed by atoms with van der Waals surface area (Å²) in [7, 11) is 0. The number of hydrogen-bond acceptors (Lipinski definition) is 4. The first-order chi connectivity index (χ1) is 12.4. The molecule has 0 unspecified atom stereocenters. The van der Waals surface area contributed by atoms with Crippen LogP contribution in [0, 0.1) is 0 Å². The number of carbonyl (C=O) groups is 1. The highest BCUT2D eigenvalue weighted by molar-refractivity contribution is 6.67. The Morgan fingerprint density at radius 1 is 0.963 bits per heavy atom. The standard InChI is InChI=1S/C21H24ClN3O2/c1-20(2,3)13-10-14(21(4,5)6)18(26)17(11-13)25-23-15-8-7-12(19(22)27)9-16(15)24-25/h7-11,26H,1-6H3. The van der Waals surface area contributed by atoms with Gasteiger partial charge in [0.2, 0.25) is 0 Å². The van der Waals surface area contributed by atoms with Gasteiger partial charge in [0.25, 0.3) is 5.24 Å². The van der Waals surface area contributed by atoms with Gasteiger partial charge in [-0.15, -0.1) is 15.0 Å². The molecule has 1 heterocycles. The summed E-state index contributed by atoms with van der Waals surface area (Å²) in [6.45, 7) is 12.6. The van der Waals surface area contributed by atoms with Gasteiger partial charge in [-0.05, 0) is 52.3 Å². The molecular weight excluding hydrogens is 362 g/mol. The second kappa shape index (κ2) is 6.34. The third-order valence-electron chi connectivity index (χ3n) is 4.59. The molecule has 142 valence electrons. The van der Waals surface area contributed by atoms with E-state index >= 15 is 0 Å². The fourth-order valence-electron chi connectivity index (χ4n) is 2.92. The molecule has 0 saturated heterocycles. The van der Waals surface area contributed by atoms with E-state index in [1.807, 2.05) is 12.1 Å². The van der Waals surface area contributed by atoms with E-state index in [-0.39, 0.29) is 16.6 Å². The monoisotopic (exact) mass is 385 g/mol. The number of rotatable bonds is 2. The Labute approximate surface area is 164 Å². The summed E-state index contributed by atoms with van der Waals surface area (Å²) in [4.78, 5) is 12.8. The number of phenols is 1. The number of carbonyl (C=O) groups excluding carboxylic acids is 1. The molecule has 6 heteroatoms. The van der Waals surface area contributed by atoms with E-state index in [2.05, 4.69) is 51.7 Å². The van der Waals surface area contributed by atoms with Crippen LogP contribution in [0.1, 0.15) is 63.0 Å². The van der Waals surface area contributed by atoms with Crippen LogP contribution >= 0.6 is 11.6 Å². The smallest absolute Gasteiger partial charge is 0.252 e. The molecule has 0 saturated carbocycles. The molecule has 0 aliphatic rings. The number of halogens is 1. The summed E-state index contributed by atoms with van der Waals surface area (Å²) in [5.41, 5.74) is 3.61. The molecule has 0 atom stereocenters. The Hall–Kier alpha value is -2.40. The highest BCUT2D eigenvalue weighted by atomic mass is 35.5. The van der Waals surface area contributed by atoms with Gasteiger partial charge in [-0.3, -0.25) is 4.79 Å². The summed E-state index contributed by atoms with van der Waals surface area (Å²) in [6, 6.07) is 8.87. The van der Waals surface area contributed by atoms with E-state index in [9.17, 15) is 9.90 Å². The first kappa shape index (κ1) is 19.4. The second-order valence-corrected chi connectivity index (χ2v) is 9.20. The number of nitrogens with zero attached hydrogens (tertiary/aromatic N) is 3. The van der Waals surface area contributed by atoms with Gasteiger partial charge in [-0.2, -0.15) is 0 Å². The van der Waals surface area contributed by atoms with Crippen molar-refractivity contribution in [2.75, 3.05) is 0 Å². The fourth-order valence-corrected chi connectivity index (χ4v) is 3.04. The lowest BCUT2D eigenvalue weighted by Gasteiger charge is -2.27. The highest BCUT2D eigenvalue weighted by Crippen LogP contribution is 2.39. The molecule has 27 heavy (non-hydrogen) atoms. The van der Waals surface area contributed by atoms with Crippen LogP contribution in [0.4, 0.5) is 0 Å². The van der Waals surface area contributed by atoms with E-state index in [0.29, 0.717) is 22.3 Å². The molecule has 2 aromatic carbocycles. The van der Waals surface area contributed by atoms with Gasteiger partial charge in [0.15, 0.2) is 0 Å². The molecule has 5 nitrogen and oxygen atoms in total. The first-order valence-electron chi connectivity index (χ1n) is 8.83. The molecule has 0 aliphatic heterocycles. The van der Waals surface area contributed by atoms with Crippen molar-refractivity contribution in [3.05, 3.63) is 47.0 Å². The van der Waals surface area contributed by atoms with Crippen molar-refractivity contribution in [2.45, 2.75) is 52.4 Å². The van der Waals surface area contributed by atoms with Crippen LogP contribution in [0.5, 0.6) is 5.75 Å². The summed E-state index contributed by atoms with van der Waals surface area (Å²) in [6.07, 6.45) is 0. The van der Waals surface area contributed by atoms with Crippen molar-refractivity contribution in [1.82, 2.24) is 15.0 Å². The van der Waals surface area contributed by atoms with Gasteiger partial charge in [-0.25, -0.2) is 0 Å². The number of fused-ring (bicyclic) bond motifs is 1. The summed E-state index contributed by atoms with van der Waals surface area (Å²) in [5, 5.41) is 19.4. The van der Waals surface area contributed by atoms with Crippen molar-refractivity contribution in [2.24, 2.45) is 0 Å². The van der Waals surface area contributed by atoms with E-state index in [0.717, 1.165) is 11.1 Å². The van der Waals surface area contributed by atoms with Crippen molar-refractivity contribution < 1.29 is 9.90 Å². The maximum Gasteiger partial charge on any atom is 0.252 e. The number of hydrogen-bond donors (Lipinski definition) is 1. The van der Waals surface area contributed by atoms with Crippen LogP contribution < -0.4 is 0 Å². The first-order valence-corrected chi connectivity index (χ1v) is 9.21. The number of benzene rings is 2. The maximum absolute atomic E-state index is 11.4. The molecular formula is C21H24ClN3O2. The van der Waals surface area contributed by atoms with Gasteiger partial charge in [0.05, 0.1) is 0 Å². The van der Waals surface area contributed by atoms with Gasteiger partial charge >= 0.3 is 0 Å². The molecule has 3 rings (SSSR count). The molecule has 1 N–H and O–H groups in total. The van der Waals surface area contributed by atoms with Crippen LogP contribution in [0.25, 0.3) is 16.7 Å². The molecule has 1 aromatic heterocycles. The normalized spacial score (nSPS) is 12.6. The molecule has 0 radical (unpaired) electrons. The van der Waals surface area contributed by atoms with Gasteiger partial charge in [0, 0.05) is 11.1 Å². The molecule has 3 aromatic rings. The van der Waals surface area contributed by atoms with Crippen molar-refractivity contribution in [1.29, 1.82) is 0 Å². The lowest BCUT2D eigenvalue weighted by atomic mass is 9.80. The predicted molar refractivity (Wildman–Crippen MR) is 108 cm³/mol. The molecule has 0 amide bonds. The molecule has 0 fully saturated rings. The van der Waals surface area contributed by atoms with Crippen LogP contribution in [0.15, 0.2) is 30.3 Å². The zero-order valence-corrected chi connectivity index (χ0v) is 17.2. The minimum atomic E-state index is -0.543. The topological polar surface area (TPSA) is 68.0 Å². The quantitative estimate of drug-likeness (QED) is 0.623. The Kier molecular flexibility index (Phi) is 4.55. The van der Waals surface area contributed by atoms with Gasteiger partial charge in [-0.1, -0.05) is 47.6 Å². The fraction of sp³-hybridized carbons (Fsp3) is 0.381. The Balaban J connectivity index is 2.27. The molecule has 0 bridgehead atoms. The minimum Gasteiger partial charge on any atom is -0.505 e. The third-order valence-corrected chi connectivity index (χ3v) is 4.80. The number of phenolic OH excluding ortho intramolecular Hbond substituents is 1. The van der Waals surface area contributed by atoms with E-state index in [4.69, 9.17) is 11.6 Å².